The summed E-state index contributed by atoms with van der Waals surface area (Å²) in [5.74, 6) is 0.984. The summed E-state index contributed by atoms with van der Waals surface area (Å²) in [6, 6.07) is 4.19. The first-order valence-electron chi connectivity index (χ1n) is 8.37. The number of aromatic amines is 1. The SMILES string of the molecule is Cc1ccc2[nH]c(CCCNC(=O)[C@]3(C)CCCO3)nc2c1C. The van der Waals surface area contributed by atoms with Crippen molar-refractivity contribution in [1.82, 2.24) is 15.3 Å². The van der Waals surface area contributed by atoms with Gasteiger partial charge in [0.25, 0.3) is 5.91 Å². The maximum atomic E-state index is 12.1. The van der Waals surface area contributed by atoms with Crippen molar-refractivity contribution in [2.24, 2.45) is 0 Å². The number of fused-ring (bicyclic) bond motifs is 1. The lowest BCUT2D eigenvalue weighted by Crippen LogP contribution is -2.44. The molecule has 5 heteroatoms. The van der Waals surface area contributed by atoms with E-state index in [2.05, 4.69) is 41.3 Å². The maximum Gasteiger partial charge on any atom is 0.251 e. The molecular weight excluding hydrogens is 290 g/mol. The normalized spacial score (nSPS) is 21.0. The van der Waals surface area contributed by atoms with Gasteiger partial charge in [0.15, 0.2) is 0 Å². The van der Waals surface area contributed by atoms with Crippen LogP contribution in [-0.2, 0) is 16.0 Å². The van der Waals surface area contributed by atoms with E-state index < -0.39 is 5.60 Å². The highest BCUT2D eigenvalue weighted by Crippen LogP contribution is 2.25. The molecule has 0 bridgehead atoms. The second-order valence-corrected chi connectivity index (χ2v) is 6.63. The fourth-order valence-electron chi connectivity index (χ4n) is 3.09. The van der Waals surface area contributed by atoms with Gasteiger partial charge in [-0.25, -0.2) is 4.98 Å². The van der Waals surface area contributed by atoms with Gasteiger partial charge in [-0.1, -0.05) is 6.07 Å². The number of carbonyl (C=O) groups excluding carboxylic acids is 1. The lowest BCUT2D eigenvalue weighted by atomic mass is 10.0. The fourth-order valence-corrected chi connectivity index (χ4v) is 3.09. The Morgan fingerprint density at radius 2 is 2.26 bits per heavy atom. The largest absolute Gasteiger partial charge is 0.365 e. The average Bonchev–Trinajstić information content (AvgIpc) is 3.15. The van der Waals surface area contributed by atoms with E-state index in [1.807, 2.05) is 6.92 Å². The summed E-state index contributed by atoms with van der Waals surface area (Å²) in [6.07, 6.45) is 3.45. The summed E-state index contributed by atoms with van der Waals surface area (Å²) in [6.45, 7) is 7.41. The van der Waals surface area contributed by atoms with Crippen LogP contribution in [0, 0.1) is 13.8 Å². The van der Waals surface area contributed by atoms with Crippen molar-refractivity contribution in [3.8, 4) is 0 Å². The van der Waals surface area contributed by atoms with Gasteiger partial charge in [0.2, 0.25) is 0 Å². The predicted octanol–water partition coefficient (Wildman–Crippen LogP) is 2.80. The number of H-pyrrole nitrogens is 1. The number of amides is 1. The monoisotopic (exact) mass is 315 g/mol. The van der Waals surface area contributed by atoms with Gasteiger partial charge >= 0.3 is 0 Å². The zero-order valence-corrected chi connectivity index (χ0v) is 14.2. The first-order valence-corrected chi connectivity index (χ1v) is 8.37. The molecular formula is C18H25N3O2. The summed E-state index contributed by atoms with van der Waals surface area (Å²) >= 11 is 0. The molecule has 0 aliphatic carbocycles. The number of aryl methyl sites for hydroxylation is 3. The lowest BCUT2D eigenvalue weighted by Gasteiger charge is -2.21. The van der Waals surface area contributed by atoms with E-state index in [0.717, 1.165) is 42.5 Å². The quantitative estimate of drug-likeness (QED) is 0.834. The molecule has 124 valence electrons. The molecule has 1 aromatic carbocycles. The van der Waals surface area contributed by atoms with Crippen molar-refractivity contribution >= 4 is 16.9 Å². The van der Waals surface area contributed by atoms with Crippen LogP contribution in [0.1, 0.15) is 43.1 Å². The number of nitrogens with zero attached hydrogens (tertiary/aromatic N) is 1. The molecule has 0 radical (unpaired) electrons. The number of carbonyl (C=O) groups is 1. The highest BCUT2D eigenvalue weighted by Gasteiger charge is 2.37. The van der Waals surface area contributed by atoms with Gasteiger partial charge < -0.3 is 15.0 Å². The molecule has 0 saturated carbocycles. The predicted molar refractivity (Wildman–Crippen MR) is 90.5 cm³/mol. The van der Waals surface area contributed by atoms with Gasteiger partial charge in [0.1, 0.15) is 11.4 Å². The molecule has 3 rings (SSSR count). The Balaban J connectivity index is 1.53. The zero-order valence-electron chi connectivity index (χ0n) is 14.2. The van der Waals surface area contributed by atoms with E-state index in [-0.39, 0.29) is 5.91 Å². The van der Waals surface area contributed by atoms with Crippen molar-refractivity contribution in [2.45, 2.75) is 52.1 Å². The van der Waals surface area contributed by atoms with E-state index >= 15 is 0 Å². The number of hydrogen-bond acceptors (Lipinski definition) is 3. The minimum absolute atomic E-state index is 0.00563. The Bertz CT molecular complexity index is 714. The van der Waals surface area contributed by atoms with Crippen LogP contribution < -0.4 is 5.32 Å². The number of imidazole rings is 1. The smallest absolute Gasteiger partial charge is 0.251 e. The summed E-state index contributed by atoms with van der Waals surface area (Å²) < 4.78 is 5.55. The van der Waals surface area contributed by atoms with E-state index in [0.29, 0.717) is 13.2 Å². The van der Waals surface area contributed by atoms with Crippen LogP contribution in [0.4, 0.5) is 0 Å². The number of benzene rings is 1. The van der Waals surface area contributed by atoms with Crippen LogP contribution in [0.3, 0.4) is 0 Å². The molecule has 1 aliphatic heterocycles. The third-order valence-electron chi connectivity index (χ3n) is 4.80. The van der Waals surface area contributed by atoms with Crippen LogP contribution in [0.2, 0.25) is 0 Å². The number of rotatable bonds is 5. The van der Waals surface area contributed by atoms with E-state index in [1.165, 1.54) is 11.1 Å². The molecule has 1 amide bonds. The summed E-state index contributed by atoms with van der Waals surface area (Å²) in [5.41, 5.74) is 3.99. The molecule has 5 nitrogen and oxygen atoms in total. The van der Waals surface area contributed by atoms with Gasteiger partial charge in [0, 0.05) is 19.6 Å². The molecule has 23 heavy (non-hydrogen) atoms. The molecule has 2 aromatic rings. The molecule has 1 aliphatic rings. The van der Waals surface area contributed by atoms with E-state index in [1.54, 1.807) is 0 Å². The Kier molecular flexibility index (Phi) is 4.39. The topological polar surface area (TPSA) is 67.0 Å². The van der Waals surface area contributed by atoms with Crippen LogP contribution in [0.25, 0.3) is 11.0 Å². The second-order valence-electron chi connectivity index (χ2n) is 6.63. The Morgan fingerprint density at radius 3 is 3.00 bits per heavy atom. The first kappa shape index (κ1) is 16.0. The lowest BCUT2D eigenvalue weighted by molar-refractivity contribution is -0.139. The van der Waals surface area contributed by atoms with Crippen molar-refractivity contribution in [3.63, 3.8) is 0 Å². The van der Waals surface area contributed by atoms with E-state index in [9.17, 15) is 4.79 Å². The first-order chi connectivity index (χ1) is 11.0. The van der Waals surface area contributed by atoms with Crippen molar-refractivity contribution in [3.05, 3.63) is 29.1 Å². The molecule has 1 aromatic heterocycles. The highest BCUT2D eigenvalue weighted by atomic mass is 16.5. The molecule has 1 fully saturated rings. The zero-order chi connectivity index (χ0) is 16.4. The molecule has 1 saturated heterocycles. The summed E-state index contributed by atoms with van der Waals surface area (Å²) in [5, 5.41) is 2.98. The molecule has 2 N–H and O–H groups in total. The number of aromatic nitrogens is 2. The van der Waals surface area contributed by atoms with Crippen LogP contribution >= 0.6 is 0 Å². The summed E-state index contributed by atoms with van der Waals surface area (Å²) in [7, 11) is 0. The van der Waals surface area contributed by atoms with Crippen molar-refractivity contribution < 1.29 is 9.53 Å². The molecule has 0 unspecified atom stereocenters. The molecule has 1 atom stereocenters. The summed E-state index contributed by atoms with van der Waals surface area (Å²) in [4.78, 5) is 20.2. The minimum Gasteiger partial charge on any atom is -0.365 e. The second kappa shape index (κ2) is 6.32. The Hall–Kier alpha value is -1.88. The molecule has 0 spiro atoms. The van der Waals surface area contributed by atoms with Gasteiger partial charge in [-0.2, -0.15) is 0 Å². The third-order valence-corrected chi connectivity index (χ3v) is 4.80. The Morgan fingerprint density at radius 1 is 1.43 bits per heavy atom. The highest BCUT2D eigenvalue weighted by molar-refractivity contribution is 5.85. The van der Waals surface area contributed by atoms with Crippen LogP contribution in [0.15, 0.2) is 12.1 Å². The van der Waals surface area contributed by atoms with Crippen LogP contribution in [-0.4, -0.2) is 34.6 Å². The van der Waals surface area contributed by atoms with Crippen molar-refractivity contribution in [2.75, 3.05) is 13.2 Å². The minimum atomic E-state index is -0.631. The maximum absolute atomic E-state index is 12.1. The molecule has 2 heterocycles. The van der Waals surface area contributed by atoms with E-state index in [4.69, 9.17) is 4.74 Å². The van der Waals surface area contributed by atoms with Gasteiger partial charge in [-0.15, -0.1) is 0 Å². The van der Waals surface area contributed by atoms with Gasteiger partial charge in [-0.05, 0) is 57.2 Å². The number of ether oxygens (including phenoxy) is 1. The number of nitrogens with one attached hydrogen (secondary N) is 2. The third kappa shape index (κ3) is 3.24. The fraction of sp³-hybridized carbons (Fsp3) is 0.556. The van der Waals surface area contributed by atoms with Crippen molar-refractivity contribution in [1.29, 1.82) is 0 Å². The average molecular weight is 315 g/mol. The van der Waals surface area contributed by atoms with Gasteiger partial charge in [-0.3, -0.25) is 4.79 Å². The standard InChI is InChI=1S/C18H25N3O2/c1-12-7-8-14-16(13(12)2)21-15(20-14)6-4-10-19-17(22)18(3)9-5-11-23-18/h7-8H,4-6,9-11H2,1-3H3,(H,19,22)(H,20,21)/t18-/m0/s1. The van der Waals surface area contributed by atoms with Crippen LogP contribution in [0.5, 0.6) is 0 Å². The Labute approximate surface area is 136 Å². The number of hydrogen-bond donors (Lipinski definition) is 2. The van der Waals surface area contributed by atoms with Gasteiger partial charge in [0.05, 0.1) is 11.0 Å².